The van der Waals surface area contributed by atoms with E-state index < -0.39 is 0 Å². The first kappa shape index (κ1) is 10.3. The zero-order chi connectivity index (χ0) is 10.7. The van der Waals surface area contributed by atoms with Crippen molar-refractivity contribution in [3.05, 3.63) is 36.1 Å². The molecule has 0 fully saturated rings. The van der Waals surface area contributed by atoms with Crippen LogP contribution in [-0.2, 0) is 6.42 Å². The molecule has 1 heteroatoms. The van der Waals surface area contributed by atoms with Crippen LogP contribution < -0.4 is 0 Å². The minimum atomic E-state index is 0.795. The molecule has 1 nitrogen and oxygen atoms in total. The van der Waals surface area contributed by atoms with Crippen molar-refractivity contribution < 1.29 is 4.42 Å². The average Bonchev–Trinajstić information content (AvgIpc) is 2.62. The summed E-state index contributed by atoms with van der Waals surface area (Å²) in [6.45, 7) is 4.54. The quantitative estimate of drug-likeness (QED) is 0.715. The molecule has 15 heavy (non-hydrogen) atoms. The molecule has 0 radical (unpaired) electrons. The topological polar surface area (TPSA) is 13.1 Å². The number of fused-ring (bicyclic) bond motifs is 1. The van der Waals surface area contributed by atoms with E-state index in [1.165, 1.54) is 23.8 Å². The standard InChI is InChI=1S/C14H18O/c1-11(2)6-5-7-12-10-15-14-9-4-3-8-13(12)14/h3-4,8-11H,5-7H2,1-2H3. The Bertz CT molecular complexity index is 426. The summed E-state index contributed by atoms with van der Waals surface area (Å²) in [6.07, 6.45) is 5.58. The Morgan fingerprint density at radius 1 is 1.20 bits per heavy atom. The number of furan rings is 1. The highest BCUT2D eigenvalue weighted by molar-refractivity contribution is 5.80. The van der Waals surface area contributed by atoms with Gasteiger partial charge in [0.05, 0.1) is 6.26 Å². The van der Waals surface area contributed by atoms with Crippen LogP contribution in [0.4, 0.5) is 0 Å². The van der Waals surface area contributed by atoms with Crippen molar-refractivity contribution in [3.63, 3.8) is 0 Å². The van der Waals surface area contributed by atoms with Gasteiger partial charge in [-0.2, -0.15) is 0 Å². The molecule has 2 rings (SSSR count). The summed E-state index contributed by atoms with van der Waals surface area (Å²) in [6, 6.07) is 8.26. The van der Waals surface area contributed by atoms with Crippen molar-refractivity contribution in [1.82, 2.24) is 0 Å². The van der Waals surface area contributed by atoms with Gasteiger partial charge in [-0.3, -0.25) is 0 Å². The summed E-state index contributed by atoms with van der Waals surface area (Å²) in [4.78, 5) is 0. The molecule has 0 unspecified atom stereocenters. The number of hydrogen-bond acceptors (Lipinski definition) is 1. The van der Waals surface area contributed by atoms with Crippen LogP contribution in [0.15, 0.2) is 34.9 Å². The van der Waals surface area contributed by atoms with Gasteiger partial charge in [0, 0.05) is 5.39 Å². The molecule has 0 spiro atoms. The van der Waals surface area contributed by atoms with E-state index in [0.29, 0.717) is 0 Å². The van der Waals surface area contributed by atoms with Gasteiger partial charge in [0.25, 0.3) is 0 Å². The fourth-order valence-electron chi connectivity index (χ4n) is 1.93. The minimum absolute atomic E-state index is 0.795. The Labute approximate surface area is 91.1 Å². The van der Waals surface area contributed by atoms with E-state index in [9.17, 15) is 0 Å². The molecule has 1 aromatic carbocycles. The van der Waals surface area contributed by atoms with Crippen LogP contribution in [0.3, 0.4) is 0 Å². The summed E-state index contributed by atoms with van der Waals surface area (Å²) in [5.41, 5.74) is 2.36. The van der Waals surface area contributed by atoms with Crippen LogP contribution in [0.1, 0.15) is 32.3 Å². The van der Waals surface area contributed by atoms with E-state index in [4.69, 9.17) is 4.42 Å². The van der Waals surface area contributed by atoms with Crippen LogP contribution in [0.25, 0.3) is 11.0 Å². The zero-order valence-electron chi connectivity index (χ0n) is 9.49. The third-order valence-electron chi connectivity index (χ3n) is 2.79. The van der Waals surface area contributed by atoms with Crippen molar-refractivity contribution in [1.29, 1.82) is 0 Å². The van der Waals surface area contributed by atoms with Gasteiger partial charge in [0.2, 0.25) is 0 Å². The van der Waals surface area contributed by atoms with Gasteiger partial charge in [-0.05, 0) is 30.4 Å². The predicted octanol–water partition coefficient (Wildman–Crippen LogP) is 4.41. The van der Waals surface area contributed by atoms with Crippen LogP contribution >= 0.6 is 0 Å². The molecule has 0 N–H and O–H groups in total. The summed E-state index contributed by atoms with van der Waals surface area (Å²) < 4.78 is 5.51. The van der Waals surface area contributed by atoms with Crippen molar-refractivity contribution in [2.45, 2.75) is 33.1 Å². The lowest BCUT2D eigenvalue weighted by Crippen LogP contribution is -1.89. The molecule has 0 aliphatic rings. The van der Waals surface area contributed by atoms with E-state index in [2.05, 4.69) is 26.0 Å². The maximum atomic E-state index is 5.51. The first-order valence-electron chi connectivity index (χ1n) is 5.72. The summed E-state index contributed by atoms with van der Waals surface area (Å²) in [7, 11) is 0. The fraction of sp³-hybridized carbons (Fsp3) is 0.429. The largest absolute Gasteiger partial charge is 0.464 e. The summed E-state index contributed by atoms with van der Waals surface area (Å²) >= 11 is 0. The van der Waals surface area contributed by atoms with Gasteiger partial charge >= 0.3 is 0 Å². The van der Waals surface area contributed by atoms with Gasteiger partial charge in [-0.1, -0.05) is 38.5 Å². The van der Waals surface area contributed by atoms with Crippen molar-refractivity contribution in [2.75, 3.05) is 0 Å². The second-order valence-electron chi connectivity index (χ2n) is 4.54. The lowest BCUT2D eigenvalue weighted by Gasteiger charge is -2.02. The maximum Gasteiger partial charge on any atom is 0.134 e. The Kier molecular flexibility index (Phi) is 3.10. The zero-order valence-corrected chi connectivity index (χ0v) is 9.49. The molecule has 2 aromatic rings. The summed E-state index contributed by atoms with van der Waals surface area (Å²) in [5, 5.41) is 1.28. The highest BCUT2D eigenvalue weighted by Crippen LogP contribution is 2.22. The second kappa shape index (κ2) is 4.52. The van der Waals surface area contributed by atoms with Crippen LogP contribution in [0, 0.1) is 5.92 Å². The number of benzene rings is 1. The first-order valence-corrected chi connectivity index (χ1v) is 5.72. The number of rotatable bonds is 4. The van der Waals surface area contributed by atoms with Gasteiger partial charge in [-0.15, -0.1) is 0 Å². The molecule has 1 aromatic heterocycles. The van der Waals surface area contributed by atoms with E-state index in [-0.39, 0.29) is 0 Å². The van der Waals surface area contributed by atoms with Crippen molar-refractivity contribution >= 4 is 11.0 Å². The lowest BCUT2D eigenvalue weighted by atomic mass is 10.0. The molecule has 0 bridgehead atoms. The summed E-state index contributed by atoms with van der Waals surface area (Å²) in [5.74, 6) is 0.795. The van der Waals surface area contributed by atoms with E-state index >= 15 is 0 Å². The second-order valence-corrected chi connectivity index (χ2v) is 4.54. The third kappa shape index (κ3) is 2.41. The lowest BCUT2D eigenvalue weighted by molar-refractivity contribution is 0.551. The van der Waals surface area contributed by atoms with Gasteiger partial charge < -0.3 is 4.42 Å². The molecule has 0 saturated carbocycles. The molecular weight excluding hydrogens is 184 g/mol. The third-order valence-corrected chi connectivity index (χ3v) is 2.79. The Morgan fingerprint density at radius 2 is 2.00 bits per heavy atom. The highest BCUT2D eigenvalue weighted by Gasteiger charge is 2.04. The predicted molar refractivity (Wildman–Crippen MR) is 64.0 cm³/mol. The monoisotopic (exact) mass is 202 g/mol. The molecule has 0 aliphatic heterocycles. The number of hydrogen-bond donors (Lipinski definition) is 0. The van der Waals surface area contributed by atoms with Crippen LogP contribution in [0.5, 0.6) is 0 Å². The maximum absolute atomic E-state index is 5.51. The average molecular weight is 202 g/mol. The van der Waals surface area contributed by atoms with Crippen LogP contribution in [-0.4, -0.2) is 0 Å². The van der Waals surface area contributed by atoms with E-state index in [1.807, 2.05) is 18.4 Å². The number of para-hydroxylation sites is 1. The normalized spacial score (nSPS) is 11.4. The Morgan fingerprint density at radius 3 is 2.80 bits per heavy atom. The molecule has 0 aliphatic carbocycles. The first-order chi connectivity index (χ1) is 7.27. The Balaban J connectivity index is 2.08. The molecule has 0 atom stereocenters. The van der Waals surface area contributed by atoms with Crippen molar-refractivity contribution in [3.8, 4) is 0 Å². The minimum Gasteiger partial charge on any atom is -0.464 e. The SMILES string of the molecule is CC(C)CCCc1coc2ccccc12. The van der Waals surface area contributed by atoms with E-state index in [1.54, 1.807) is 0 Å². The van der Waals surface area contributed by atoms with Gasteiger partial charge in [0.1, 0.15) is 5.58 Å². The number of aryl methyl sites for hydroxylation is 1. The molecule has 0 amide bonds. The van der Waals surface area contributed by atoms with Crippen molar-refractivity contribution in [2.24, 2.45) is 5.92 Å². The molecule has 1 heterocycles. The molecule has 80 valence electrons. The van der Waals surface area contributed by atoms with E-state index in [0.717, 1.165) is 17.9 Å². The highest BCUT2D eigenvalue weighted by atomic mass is 16.3. The van der Waals surface area contributed by atoms with Gasteiger partial charge in [-0.25, -0.2) is 0 Å². The molecular formula is C14H18O. The Hall–Kier alpha value is -1.24. The fourth-order valence-corrected chi connectivity index (χ4v) is 1.93. The smallest absolute Gasteiger partial charge is 0.134 e. The van der Waals surface area contributed by atoms with Crippen LogP contribution in [0.2, 0.25) is 0 Å². The van der Waals surface area contributed by atoms with Gasteiger partial charge in [0.15, 0.2) is 0 Å². The molecule has 0 saturated heterocycles.